The highest BCUT2D eigenvalue weighted by atomic mass is 35.5. The largest absolute Gasteiger partial charge is 0.373 e. The Kier molecular flexibility index (Phi) is 4.09. The Hall–Kier alpha value is -1.44. The van der Waals surface area contributed by atoms with Gasteiger partial charge < -0.3 is 14.8 Å². The summed E-state index contributed by atoms with van der Waals surface area (Å²) in [6.07, 6.45) is 6.43. The van der Waals surface area contributed by atoms with Crippen molar-refractivity contribution in [2.24, 2.45) is 0 Å². The minimum Gasteiger partial charge on any atom is -0.373 e. The summed E-state index contributed by atoms with van der Waals surface area (Å²) in [5.41, 5.74) is 1.43. The van der Waals surface area contributed by atoms with Crippen LogP contribution in [0.2, 0.25) is 5.28 Å². The third kappa shape index (κ3) is 3.00. The molecule has 23 heavy (non-hydrogen) atoms. The second-order valence-corrected chi connectivity index (χ2v) is 6.50. The molecule has 0 spiro atoms. The maximum absolute atomic E-state index is 6.10. The molecule has 2 aromatic heterocycles. The van der Waals surface area contributed by atoms with E-state index < -0.39 is 0 Å². The van der Waals surface area contributed by atoms with Crippen LogP contribution in [0.25, 0.3) is 11.2 Å². The van der Waals surface area contributed by atoms with Crippen LogP contribution < -0.4 is 5.32 Å². The third-order valence-electron chi connectivity index (χ3n) is 4.43. The summed E-state index contributed by atoms with van der Waals surface area (Å²) in [6, 6.07) is 0. The Labute approximate surface area is 139 Å². The molecule has 0 radical (unpaired) electrons. The topological polar surface area (TPSA) is 74.1 Å². The summed E-state index contributed by atoms with van der Waals surface area (Å²) in [7, 11) is 0. The number of halogens is 1. The molecule has 3 atom stereocenters. The highest BCUT2D eigenvalue weighted by Crippen LogP contribution is 2.29. The normalized spacial score (nSPS) is 27.8. The number of hydrogen-bond donors (Lipinski definition) is 1. The molecule has 7 nitrogen and oxygen atoms in total. The van der Waals surface area contributed by atoms with Crippen LogP contribution >= 0.6 is 11.6 Å². The molecule has 2 aliphatic heterocycles. The minimum atomic E-state index is -0.0159. The average molecular weight is 338 g/mol. The molecule has 0 amide bonds. The average Bonchev–Trinajstić information content (AvgIpc) is 3.24. The quantitative estimate of drug-likeness (QED) is 0.865. The summed E-state index contributed by atoms with van der Waals surface area (Å²) in [5.74, 6) is 0.653. The van der Waals surface area contributed by atoms with Gasteiger partial charge in [-0.2, -0.15) is 9.97 Å². The Morgan fingerprint density at radius 1 is 1.35 bits per heavy atom. The van der Waals surface area contributed by atoms with Gasteiger partial charge in [0.25, 0.3) is 0 Å². The predicted octanol–water partition coefficient (Wildman–Crippen LogP) is 2.77. The zero-order valence-electron chi connectivity index (χ0n) is 13.0. The Morgan fingerprint density at radius 2 is 2.26 bits per heavy atom. The zero-order valence-corrected chi connectivity index (χ0v) is 13.8. The molecule has 0 aliphatic carbocycles. The van der Waals surface area contributed by atoms with E-state index >= 15 is 0 Å². The van der Waals surface area contributed by atoms with Crippen LogP contribution in [-0.2, 0) is 9.47 Å². The van der Waals surface area contributed by atoms with Crippen molar-refractivity contribution in [2.45, 2.75) is 51.0 Å². The van der Waals surface area contributed by atoms with Gasteiger partial charge in [-0.1, -0.05) is 0 Å². The van der Waals surface area contributed by atoms with E-state index in [1.807, 2.05) is 4.57 Å². The van der Waals surface area contributed by atoms with Gasteiger partial charge in [0.05, 0.1) is 18.5 Å². The first kappa shape index (κ1) is 15.1. The fourth-order valence-electron chi connectivity index (χ4n) is 3.25. The lowest BCUT2D eigenvalue weighted by Gasteiger charge is -2.14. The van der Waals surface area contributed by atoms with E-state index in [1.54, 1.807) is 6.33 Å². The van der Waals surface area contributed by atoms with Gasteiger partial charge in [0.1, 0.15) is 6.23 Å². The maximum atomic E-state index is 6.10. The first-order valence-electron chi connectivity index (χ1n) is 8.11. The second kappa shape index (κ2) is 6.22. The molecule has 4 heterocycles. The van der Waals surface area contributed by atoms with Gasteiger partial charge in [-0.15, -0.1) is 0 Å². The monoisotopic (exact) mass is 337 g/mol. The third-order valence-corrected chi connectivity index (χ3v) is 4.60. The Balaban J connectivity index is 1.59. The van der Waals surface area contributed by atoms with Crippen molar-refractivity contribution in [3.05, 3.63) is 11.6 Å². The number of ether oxygens (including phenoxy) is 2. The van der Waals surface area contributed by atoms with E-state index in [9.17, 15) is 0 Å². The van der Waals surface area contributed by atoms with Crippen LogP contribution in [0.1, 0.15) is 38.8 Å². The molecule has 2 fully saturated rings. The Morgan fingerprint density at radius 3 is 3.00 bits per heavy atom. The van der Waals surface area contributed by atoms with E-state index in [2.05, 4.69) is 27.2 Å². The van der Waals surface area contributed by atoms with Gasteiger partial charge in [0, 0.05) is 13.2 Å². The highest BCUT2D eigenvalue weighted by molar-refractivity contribution is 6.28. The first-order valence-corrected chi connectivity index (χ1v) is 8.49. The predicted molar refractivity (Wildman–Crippen MR) is 86.6 cm³/mol. The number of hydrogen-bond acceptors (Lipinski definition) is 6. The van der Waals surface area contributed by atoms with E-state index in [0.717, 1.165) is 37.8 Å². The number of nitrogens with zero attached hydrogens (tertiary/aromatic N) is 4. The molecule has 124 valence electrons. The summed E-state index contributed by atoms with van der Waals surface area (Å²) in [4.78, 5) is 13.1. The van der Waals surface area contributed by atoms with Crippen LogP contribution in [0, 0.1) is 0 Å². The molecule has 4 rings (SSSR count). The number of rotatable bonds is 4. The molecular weight excluding hydrogens is 318 g/mol. The van der Waals surface area contributed by atoms with Crippen LogP contribution in [0.4, 0.5) is 5.82 Å². The standard InChI is InChI=1S/C15H20ClN5O2/c1-9-4-5-10(23-9)7-17-13-12-14(20-15(16)19-13)21(8-18-12)11-3-2-6-22-11/h8-11H,2-7H2,1H3,(H,17,19,20). The molecule has 1 N–H and O–H groups in total. The van der Waals surface area contributed by atoms with E-state index in [1.165, 1.54) is 0 Å². The van der Waals surface area contributed by atoms with Gasteiger partial charge in [-0.3, -0.25) is 4.57 Å². The van der Waals surface area contributed by atoms with Crippen molar-refractivity contribution >= 4 is 28.6 Å². The molecule has 2 saturated heterocycles. The van der Waals surface area contributed by atoms with Crippen molar-refractivity contribution in [3.63, 3.8) is 0 Å². The molecule has 0 bridgehead atoms. The van der Waals surface area contributed by atoms with Gasteiger partial charge in [0.2, 0.25) is 5.28 Å². The summed E-state index contributed by atoms with van der Waals surface area (Å²) in [5, 5.41) is 3.53. The van der Waals surface area contributed by atoms with Crippen molar-refractivity contribution in [2.75, 3.05) is 18.5 Å². The number of anilines is 1. The number of nitrogens with one attached hydrogen (secondary N) is 1. The summed E-state index contributed by atoms with van der Waals surface area (Å²) >= 11 is 6.10. The maximum Gasteiger partial charge on any atom is 0.226 e. The van der Waals surface area contributed by atoms with Gasteiger partial charge >= 0.3 is 0 Å². The van der Waals surface area contributed by atoms with Crippen molar-refractivity contribution in [1.29, 1.82) is 0 Å². The summed E-state index contributed by atoms with van der Waals surface area (Å²) < 4.78 is 13.5. The van der Waals surface area contributed by atoms with Gasteiger partial charge in [0.15, 0.2) is 17.0 Å². The van der Waals surface area contributed by atoms with Crippen LogP contribution in [0.15, 0.2) is 6.33 Å². The zero-order chi connectivity index (χ0) is 15.8. The van der Waals surface area contributed by atoms with E-state index in [4.69, 9.17) is 21.1 Å². The lowest BCUT2D eigenvalue weighted by molar-refractivity contribution is 0.0592. The van der Waals surface area contributed by atoms with E-state index in [0.29, 0.717) is 24.1 Å². The molecular formula is C15H20ClN5O2. The SMILES string of the molecule is CC1CCC(CNc2nc(Cl)nc3c2ncn3C2CCCO2)O1. The van der Waals surface area contributed by atoms with Crippen molar-refractivity contribution < 1.29 is 9.47 Å². The van der Waals surface area contributed by atoms with E-state index in [-0.39, 0.29) is 17.6 Å². The molecule has 0 aromatic carbocycles. The van der Waals surface area contributed by atoms with Crippen molar-refractivity contribution in [3.8, 4) is 0 Å². The van der Waals surface area contributed by atoms with Crippen LogP contribution in [0.3, 0.4) is 0 Å². The molecule has 3 unspecified atom stereocenters. The highest BCUT2D eigenvalue weighted by Gasteiger charge is 2.24. The smallest absolute Gasteiger partial charge is 0.226 e. The minimum absolute atomic E-state index is 0.0159. The van der Waals surface area contributed by atoms with Crippen molar-refractivity contribution in [1.82, 2.24) is 19.5 Å². The van der Waals surface area contributed by atoms with Crippen LogP contribution in [0.5, 0.6) is 0 Å². The molecule has 2 aliphatic rings. The Bertz CT molecular complexity index is 700. The number of fused-ring (bicyclic) bond motifs is 1. The molecule has 2 aromatic rings. The lowest BCUT2D eigenvalue weighted by atomic mass is 10.2. The van der Waals surface area contributed by atoms with Crippen LogP contribution in [-0.4, -0.2) is 44.9 Å². The molecule has 0 saturated carbocycles. The summed E-state index contributed by atoms with van der Waals surface area (Å²) in [6.45, 7) is 3.56. The number of imidazole rings is 1. The lowest BCUT2D eigenvalue weighted by Crippen LogP contribution is -2.20. The second-order valence-electron chi connectivity index (χ2n) is 6.16. The molecule has 8 heteroatoms. The van der Waals surface area contributed by atoms with Gasteiger partial charge in [-0.25, -0.2) is 4.98 Å². The fraction of sp³-hybridized carbons (Fsp3) is 0.667. The first-order chi connectivity index (χ1) is 11.2. The van der Waals surface area contributed by atoms with Gasteiger partial charge in [-0.05, 0) is 44.2 Å². The fourth-order valence-corrected chi connectivity index (χ4v) is 3.41. The number of aromatic nitrogens is 4.